The Morgan fingerprint density at radius 2 is 1.95 bits per heavy atom. The molecule has 0 aliphatic carbocycles. The van der Waals surface area contributed by atoms with Crippen LogP contribution in [0.5, 0.6) is 0 Å². The first kappa shape index (κ1) is 14.4. The van der Waals surface area contributed by atoms with Crippen molar-refractivity contribution in [2.24, 2.45) is 0 Å². The number of halogens is 2. The zero-order chi connectivity index (χ0) is 15.0. The van der Waals surface area contributed by atoms with Gasteiger partial charge in [0.15, 0.2) is 0 Å². The summed E-state index contributed by atoms with van der Waals surface area (Å²) in [4.78, 5) is 16.3. The molecule has 4 nitrogen and oxygen atoms in total. The molecule has 6 heteroatoms. The molecular formula is C15H13BrClN3O. The van der Waals surface area contributed by atoms with Crippen molar-refractivity contribution in [3.63, 3.8) is 0 Å². The molecule has 2 aromatic rings. The van der Waals surface area contributed by atoms with Gasteiger partial charge in [-0.25, -0.2) is 4.79 Å². The molecule has 0 saturated carbocycles. The molecule has 1 saturated heterocycles. The van der Waals surface area contributed by atoms with Crippen molar-refractivity contribution in [3.8, 4) is 0 Å². The van der Waals surface area contributed by atoms with Gasteiger partial charge >= 0.3 is 6.03 Å². The number of hydrogen-bond acceptors (Lipinski definition) is 2. The van der Waals surface area contributed by atoms with E-state index in [1.165, 1.54) is 0 Å². The highest BCUT2D eigenvalue weighted by Gasteiger charge is 2.45. The Labute approximate surface area is 136 Å². The Hall–Kier alpha value is -1.59. The van der Waals surface area contributed by atoms with E-state index in [0.717, 1.165) is 15.7 Å². The van der Waals surface area contributed by atoms with Crippen LogP contribution < -0.4 is 10.6 Å². The summed E-state index contributed by atoms with van der Waals surface area (Å²) in [6.07, 6.45) is 1.72. The maximum absolute atomic E-state index is 11.9. The van der Waals surface area contributed by atoms with Gasteiger partial charge in [-0.3, -0.25) is 4.98 Å². The number of carbonyl (C=O) groups excluding carboxylic acids is 1. The summed E-state index contributed by atoms with van der Waals surface area (Å²) >= 11 is 9.31. The van der Waals surface area contributed by atoms with Gasteiger partial charge in [0.2, 0.25) is 0 Å². The fourth-order valence-electron chi connectivity index (χ4n) is 2.58. The van der Waals surface area contributed by atoms with Crippen molar-refractivity contribution >= 4 is 33.6 Å². The fraction of sp³-hybridized carbons (Fsp3) is 0.200. The minimum atomic E-state index is -0.581. The molecule has 1 aliphatic rings. The van der Waals surface area contributed by atoms with E-state index in [0.29, 0.717) is 5.02 Å². The minimum Gasteiger partial charge on any atom is -0.327 e. The quantitative estimate of drug-likeness (QED) is 0.850. The molecule has 0 bridgehead atoms. The van der Waals surface area contributed by atoms with E-state index >= 15 is 0 Å². The van der Waals surface area contributed by atoms with Crippen LogP contribution in [-0.2, 0) is 5.54 Å². The van der Waals surface area contributed by atoms with Gasteiger partial charge in [0.05, 0.1) is 17.3 Å². The second kappa shape index (κ2) is 5.31. The number of amides is 2. The number of nitrogens with zero attached hydrogens (tertiary/aromatic N) is 1. The van der Waals surface area contributed by atoms with Gasteiger partial charge in [-0.15, -0.1) is 0 Å². The van der Waals surface area contributed by atoms with Gasteiger partial charge in [-0.05, 0) is 52.7 Å². The van der Waals surface area contributed by atoms with Crippen LogP contribution in [0, 0.1) is 0 Å². The van der Waals surface area contributed by atoms with Crippen molar-refractivity contribution in [1.82, 2.24) is 15.6 Å². The molecule has 2 atom stereocenters. The molecule has 3 rings (SSSR count). The van der Waals surface area contributed by atoms with Crippen LogP contribution in [0.4, 0.5) is 4.79 Å². The molecule has 1 aromatic carbocycles. The van der Waals surface area contributed by atoms with E-state index in [-0.39, 0.29) is 12.1 Å². The molecule has 2 amide bonds. The SMILES string of the molecule is C[C@@]1(c2ccc(Cl)cc2)NC(=O)N[C@H]1c1ccc(Br)cn1. The largest absolute Gasteiger partial charge is 0.327 e. The fourth-order valence-corrected chi connectivity index (χ4v) is 2.94. The zero-order valence-corrected chi connectivity index (χ0v) is 13.6. The van der Waals surface area contributed by atoms with Crippen molar-refractivity contribution in [2.45, 2.75) is 18.5 Å². The minimum absolute atomic E-state index is 0.206. The van der Waals surface area contributed by atoms with E-state index < -0.39 is 5.54 Å². The van der Waals surface area contributed by atoms with Crippen LogP contribution in [-0.4, -0.2) is 11.0 Å². The Bertz CT molecular complexity index is 674. The molecule has 21 heavy (non-hydrogen) atoms. The van der Waals surface area contributed by atoms with Crippen LogP contribution in [0.15, 0.2) is 47.1 Å². The van der Waals surface area contributed by atoms with Gasteiger partial charge in [-0.1, -0.05) is 23.7 Å². The van der Waals surface area contributed by atoms with E-state index in [1.54, 1.807) is 6.20 Å². The van der Waals surface area contributed by atoms with Crippen molar-refractivity contribution in [1.29, 1.82) is 0 Å². The molecule has 1 aromatic heterocycles. The van der Waals surface area contributed by atoms with Gasteiger partial charge in [0.25, 0.3) is 0 Å². The molecule has 0 spiro atoms. The van der Waals surface area contributed by atoms with Crippen molar-refractivity contribution < 1.29 is 4.79 Å². The first-order valence-electron chi connectivity index (χ1n) is 6.45. The number of pyridine rings is 1. The number of hydrogen-bond donors (Lipinski definition) is 2. The van der Waals surface area contributed by atoms with Crippen molar-refractivity contribution in [3.05, 3.63) is 63.3 Å². The molecule has 2 heterocycles. The molecule has 0 radical (unpaired) electrons. The summed E-state index contributed by atoms with van der Waals surface area (Å²) in [5.74, 6) is 0. The molecule has 1 fully saturated rings. The van der Waals surface area contributed by atoms with E-state index in [4.69, 9.17) is 11.6 Å². The van der Waals surface area contributed by atoms with Crippen LogP contribution in [0.2, 0.25) is 5.02 Å². The highest BCUT2D eigenvalue weighted by atomic mass is 79.9. The topological polar surface area (TPSA) is 54.0 Å². The lowest BCUT2D eigenvalue weighted by molar-refractivity contribution is 0.245. The Balaban J connectivity index is 2.04. The third-order valence-electron chi connectivity index (χ3n) is 3.72. The monoisotopic (exact) mass is 365 g/mol. The average molecular weight is 367 g/mol. The number of nitrogens with one attached hydrogen (secondary N) is 2. The van der Waals surface area contributed by atoms with Gasteiger partial charge < -0.3 is 10.6 Å². The van der Waals surface area contributed by atoms with E-state index in [1.807, 2.05) is 43.3 Å². The summed E-state index contributed by atoms with van der Waals surface area (Å²) < 4.78 is 0.900. The van der Waals surface area contributed by atoms with Gasteiger partial charge in [0.1, 0.15) is 0 Å². The second-order valence-electron chi connectivity index (χ2n) is 5.14. The first-order valence-corrected chi connectivity index (χ1v) is 7.62. The van der Waals surface area contributed by atoms with Crippen LogP contribution in [0.1, 0.15) is 24.2 Å². The zero-order valence-electron chi connectivity index (χ0n) is 11.2. The van der Waals surface area contributed by atoms with E-state index in [9.17, 15) is 4.79 Å². The molecular weight excluding hydrogens is 354 g/mol. The summed E-state index contributed by atoms with van der Waals surface area (Å²) in [7, 11) is 0. The predicted octanol–water partition coefficient (Wildman–Crippen LogP) is 3.77. The Kier molecular flexibility index (Phi) is 3.63. The normalized spacial score (nSPS) is 24.5. The van der Waals surface area contributed by atoms with Gasteiger partial charge in [-0.2, -0.15) is 0 Å². The third kappa shape index (κ3) is 2.63. The number of carbonyl (C=O) groups is 1. The first-order chi connectivity index (χ1) is 9.99. The summed E-state index contributed by atoms with van der Waals surface area (Å²) in [5, 5.41) is 6.58. The van der Waals surface area contributed by atoms with E-state index in [2.05, 4.69) is 31.5 Å². The van der Waals surface area contributed by atoms with Crippen LogP contribution in [0.25, 0.3) is 0 Å². The number of benzene rings is 1. The van der Waals surface area contributed by atoms with Crippen LogP contribution in [0.3, 0.4) is 0 Å². The maximum Gasteiger partial charge on any atom is 0.316 e. The lowest BCUT2D eigenvalue weighted by atomic mass is 9.84. The third-order valence-corrected chi connectivity index (χ3v) is 4.44. The molecule has 0 unspecified atom stereocenters. The second-order valence-corrected chi connectivity index (χ2v) is 6.49. The standard InChI is InChI=1S/C15H13BrClN3O/c1-15(9-2-5-11(17)6-3-9)13(19-14(21)20-15)12-7-4-10(16)8-18-12/h2-8,13H,1H3,(H2,19,20,21)/t13-,15-/m0/s1. The maximum atomic E-state index is 11.9. The smallest absolute Gasteiger partial charge is 0.316 e. The number of aromatic nitrogens is 1. The highest BCUT2D eigenvalue weighted by Crippen LogP contribution is 2.38. The number of urea groups is 1. The van der Waals surface area contributed by atoms with Crippen LogP contribution >= 0.6 is 27.5 Å². The van der Waals surface area contributed by atoms with Gasteiger partial charge in [0, 0.05) is 15.7 Å². The predicted molar refractivity (Wildman–Crippen MR) is 85.1 cm³/mol. The molecule has 1 aliphatic heterocycles. The highest BCUT2D eigenvalue weighted by molar-refractivity contribution is 9.10. The Morgan fingerprint density at radius 3 is 2.57 bits per heavy atom. The summed E-state index contributed by atoms with van der Waals surface area (Å²) in [6, 6.07) is 10.8. The summed E-state index contributed by atoms with van der Waals surface area (Å²) in [6.45, 7) is 1.97. The number of rotatable bonds is 2. The Morgan fingerprint density at radius 1 is 1.24 bits per heavy atom. The summed E-state index contributed by atoms with van der Waals surface area (Å²) in [5.41, 5.74) is 1.19. The lowest BCUT2D eigenvalue weighted by Gasteiger charge is -2.30. The molecule has 2 N–H and O–H groups in total. The van der Waals surface area contributed by atoms with Crippen molar-refractivity contribution in [2.75, 3.05) is 0 Å². The average Bonchev–Trinajstić information content (AvgIpc) is 2.76. The lowest BCUT2D eigenvalue weighted by Crippen LogP contribution is -2.39. The molecule has 108 valence electrons.